The summed E-state index contributed by atoms with van der Waals surface area (Å²) in [6, 6.07) is 9.58. The molecule has 2 rings (SSSR count). The van der Waals surface area contributed by atoms with Gasteiger partial charge in [0.05, 0.1) is 14.2 Å². The van der Waals surface area contributed by atoms with Gasteiger partial charge in [0.25, 0.3) is 0 Å². The molecule has 5 heteroatoms. The van der Waals surface area contributed by atoms with Crippen LogP contribution >= 0.6 is 0 Å². The molecule has 0 spiro atoms. The third-order valence-electron chi connectivity index (χ3n) is 3.29. The lowest BCUT2D eigenvalue weighted by molar-refractivity contribution is -0.111. The number of aryl methyl sites for hydroxylation is 1. The Kier molecular flexibility index (Phi) is 5.36. The third-order valence-corrected chi connectivity index (χ3v) is 3.29. The second-order valence-electron chi connectivity index (χ2n) is 4.90. The fourth-order valence-electron chi connectivity index (χ4n) is 2.03. The summed E-state index contributed by atoms with van der Waals surface area (Å²) in [6.45, 7) is 1.80. The Bertz CT molecular complexity index is 741. The van der Waals surface area contributed by atoms with Gasteiger partial charge in [-0.25, -0.2) is 4.39 Å². The molecule has 0 saturated carbocycles. The molecular formula is C18H18FNO3. The molecule has 2 aromatic rings. The van der Waals surface area contributed by atoms with Crippen molar-refractivity contribution in [3.05, 3.63) is 59.4 Å². The summed E-state index contributed by atoms with van der Waals surface area (Å²) < 4.78 is 23.6. The van der Waals surface area contributed by atoms with E-state index in [9.17, 15) is 9.18 Å². The summed E-state index contributed by atoms with van der Waals surface area (Å²) in [6.07, 6.45) is 3.03. The van der Waals surface area contributed by atoms with Crippen molar-refractivity contribution in [1.82, 2.24) is 0 Å². The summed E-state index contributed by atoms with van der Waals surface area (Å²) >= 11 is 0. The number of hydrogen-bond acceptors (Lipinski definition) is 3. The van der Waals surface area contributed by atoms with E-state index in [4.69, 9.17) is 9.47 Å². The average Bonchev–Trinajstić information content (AvgIpc) is 2.56. The van der Waals surface area contributed by atoms with Gasteiger partial charge in [0, 0.05) is 11.8 Å². The first-order valence-electron chi connectivity index (χ1n) is 7.00. The second-order valence-corrected chi connectivity index (χ2v) is 4.90. The molecule has 0 heterocycles. The minimum absolute atomic E-state index is 0.339. The Morgan fingerprint density at radius 3 is 2.52 bits per heavy atom. The highest BCUT2D eigenvalue weighted by Gasteiger charge is 2.05. The Hall–Kier alpha value is -2.82. The number of carbonyl (C=O) groups is 1. The van der Waals surface area contributed by atoms with Crippen molar-refractivity contribution >= 4 is 17.7 Å². The minimum atomic E-state index is -0.394. The van der Waals surface area contributed by atoms with E-state index >= 15 is 0 Å². The Balaban J connectivity index is 2.10. The van der Waals surface area contributed by atoms with E-state index < -0.39 is 5.82 Å². The largest absolute Gasteiger partial charge is 0.493 e. The predicted molar refractivity (Wildman–Crippen MR) is 88.3 cm³/mol. The van der Waals surface area contributed by atoms with E-state index in [1.807, 2.05) is 0 Å². The monoisotopic (exact) mass is 315 g/mol. The van der Waals surface area contributed by atoms with Crippen LogP contribution in [0, 0.1) is 12.7 Å². The molecule has 0 aliphatic rings. The Morgan fingerprint density at radius 2 is 1.83 bits per heavy atom. The van der Waals surface area contributed by atoms with Crippen molar-refractivity contribution in [2.24, 2.45) is 0 Å². The van der Waals surface area contributed by atoms with Gasteiger partial charge >= 0.3 is 0 Å². The van der Waals surface area contributed by atoms with E-state index in [-0.39, 0.29) is 5.91 Å². The smallest absolute Gasteiger partial charge is 0.248 e. The molecule has 0 aliphatic heterocycles. The third kappa shape index (κ3) is 4.32. The van der Waals surface area contributed by atoms with Crippen LogP contribution in [0.5, 0.6) is 11.5 Å². The summed E-state index contributed by atoms with van der Waals surface area (Å²) in [7, 11) is 3.10. The van der Waals surface area contributed by atoms with Gasteiger partial charge in [-0.05, 0) is 48.4 Å². The van der Waals surface area contributed by atoms with Crippen LogP contribution in [-0.4, -0.2) is 20.1 Å². The van der Waals surface area contributed by atoms with Gasteiger partial charge < -0.3 is 14.8 Å². The van der Waals surface area contributed by atoms with Crippen molar-refractivity contribution in [2.45, 2.75) is 6.92 Å². The van der Waals surface area contributed by atoms with Gasteiger partial charge in [-0.3, -0.25) is 4.79 Å². The predicted octanol–water partition coefficient (Wildman–Crippen LogP) is 3.80. The van der Waals surface area contributed by atoms with E-state index in [2.05, 4.69) is 5.32 Å². The van der Waals surface area contributed by atoms with Crippen LogP contribution in [-0.2, 0) is 4.79 Å². The highest BCUT2D eigenvalue weighted by Crippen LogP contribution is 2.28. The molecule has 1 N–H and O–H groups in total. The van der Waals surface area contributed by atoms with Gasteiger partial charge in [-0.2, -0.15) is 0 Å². The summed E-state index contributed by atoms with van der Waals surface area (Å²) in [5.41, 5.74) is 2.03. The van der Waals surface area contributed by atoms with Crippen LogP contribution in [0.3, 0.4) is 0 Å². The molecule has 1 amide bonds. The highest BCUT2D eigenvalue weighted by atomic mass is 19.1. The maximum atomic E-state index is 13.2. The number of ether oxygens (including phenoxy) is 2. The van der Waals surface area contributed by atoms with Crippen molar-refractivity contribution in [1.29, 1.82) is 0 Å². The molecule has 23 heavy (non-hydrogen) atoms. The number of benzene rings is 2. The minimum Gasteiger partial charge on any atom is -0.493 e. The Morgan fingerprint density at radius 1 is 1.09 bits per heavy atom. The molecular weight excluding hydrogens is 297 g/mol. The highest BCUT2D eigenvalue weighted by molar-refractivity contribution is 6.02. The standard InChI is InChI=1S/C18H18FNO3/c1-12-4-7-14(19)11-15(12)20-18(21)9-6-13-5-8-16(22-2)17(10-13)23-3/h4-11H,1-3H3,(H,20,21)/b9-6+. The SMILES string of the molecule is COc1ccc(/C=C/C(=O)Nc2cc(F)ccc2C)cc1OC. The molecule has 0 fully saturated rings. The molecule has 0 saturated heterocycles. The molecule has 4 nitrogen and oxygen atoms in total. The lowest BCUT2D eigenvalue weighted by atomic mass is 10.1. The molecule has 0 atom stereocenters. The van der Waals surface area contributed by atoms with Crippen molar-refractivity contribution in [3.63, 3.8) is 0 Å². The number of amides is 1. The van der Waals surface area contributed by atoms with Gasteiger partial charge in [-0.1, -0.05) is 12.1 Å². The number of carbonyl (C=O) groups excluding carboxylic acids is 1. The molecule has 0 aliphatic carbocycles. The first-order valence-corrected chi connectivity index (χ1v) is 7.00. The van der Waals surface area contributed by atoms with Crippen LogP contribution < -0.4 is 14.8 Å². The summed E-state index contributed by atoms with van der Waals surface area (Å²) in [5, 5.41) is 2.65. The van der Waals surface area contributed by atoms with Crippen LogP contribution in [0.2, 0.25) is 0 Å². The first kappa shape index (κ1) is 16.5. The lowest BCUT2D eigenvalue weighted by Gasteiger charge is -2.08. The Labute approximate surface area is 134 Å². The number of halogens is 1. The zero-order chi connectivity index (χ0) is 16.8. The van der Waals surface area contributed by atoms with Crippen molar-refractivity contribution in [3.8, 4) is 11.5 Å². The molecule has 0 unspecified atom stereocenters. The van der Waals surface area contributed by atoms with Crippen LogP contribution in [0.1, 0.15) is 11.1 Å². The van der Waals surface area contributed by atoms with Crippen LogP contribution in [0.15, 0.2) is 42.5 Å². The normalized spacial score (nSPS) is 10.6. The lowest BCUT2D eigenvalue weighted by Crippen LogP contribution is -2.09. The summed E-state index contributed by atoms with van der Waals surface area (Å²) in [4.78, 5) is 12.0. The summed E-state index contributed by atoms with van der Waals surface area (Å²) in [5.74, 6) is 0.462. The number of rotatable bonds is 5. The number of anilines is 1. The molecule has 0 aromatic heterocycles. The van der Waals surface area contributed by atoms with Gasteiger partial charge in [0.2, 0.25) is 5.91 Å². The van der Waals surface area contributed by atoms with Gasteiger partial charge in [-0.15, -0.1) is 0 Å². The maximum absolute atomic E-state index is 13.2. The molecule has 120 valence electrons. The van der Waals surface area contributed by atoms with E-state index in [0.29, 0.717) is 17.2 Å². The molecule has 0 bridgehead atoms. The van der Waals surface area contributed by atoms with E-state index in [1.165, 1.54) is 18.2 Å². The molecule has 0 radical (unpaired) electrons. The van der Waals surface area contributed by atoms with Crippen molar-refractivity contribution < 1.29 is 18.7 Å². The van der Waals surface area contributed by atoms with Crippen molar-refractivity contribution in [2.75, 3.05) is 19.5 Å². The first-order chi connectivity index (χ1) is 11.0. The van der Waals surface area contributed by atoms with Crippen LogP contribution in [0.4, 0.5) is 10.1 Å². The number of methoxy groups -OCH3 is 2. The quantitative estimate of drug-likeness (QED) is 0.854. The fraction of sp³-hybridized carbons (Fsp3) is 0.167. The van der Waals surface area contributed by atoms with Gasteiger partial charge in [0.1, 0.15) is 5.82 Å². The topological polar surface area (TPSA) is 47.6 Å². The van der Waals surface area contributed by atoms with Gasteiger partial charge in [0.15, 0.2) is 11.5 Å². The fourth-order valence-corrected chi connectivity index (χ4v) is 2.03. The second kappa shape index (κ2) is 7.45. The number of hydrogen-bond donors (Lipinski definition) is 1. The average molecular weight is 315 g/mol. The zero-order valence-electron chi connectivity index (χ0n) is 13.2. The number of nitrogens with one attached hydrogen (secondary N) is 1. The maximum Gasteiger partial charge on any atom is 0.248 e. The van der Waals surface area contributed by atoms with E-state index in [0.717, 1.165) is 11.1 Å². The zero-order valence-corrected chi connectivity index (χ0v) is 13.2. The van der Waals surface area contributed by atoms with E-state index in [1.54, 1.807) is 51.5 Å². The molecule has 2 aromatic carbocycles. The van der Waals surface area contributed by atoms with Crippen LogP contribution in [0.25, 0.3) is 6.08 Å².